The van der Waals surface area contributed by atoms with Gasteiger partial charge in [-0.2, -0.15) is 0 Å². The summed E-state index contributed by atoms with van der Waals surface area (Å²) in [6.07, 6.45) is 4.84. The van der Waals surface area contributed by atoms with Crippen LogP contribution >= 0.6 is 0 Å². The first-order valence-corrected chi connectivity index (χ1v) is 9.11. The fraction of sp³-hybridized carbons (Fsp3) is 0.450. The van der Waals surface area contributed by atoms with Crippen molar-refractivity contribution in [3.63, 3.8) is 0 Å². The first-order valence-electron chi connectivity index (χ1n) is 9.11. The van der Waals surface area contributed by atoms with Crippen LogP contribution in [0.5, 0.6) is 0 Å². The summed E-state index contributed by atoms with van der Waals surface area (Å²) in [6, 6.07) is 3.12. The number of halogens is 1. The average Bonchev–Trinajstić information content (AvgIpc) is 3.03. The van der Waals surface area contributed by atoms with Crippen LogP contribution in [0, 0.1) is 5.82 Å². The highest BCUT2D eigenvalue weighted by Gasteiger charge is 2.37. The number of aromatic nitrogens is 2. The molecule has 2 aromatic heterocycles. The largest absolute Gasteiger partial charge is 0.461 e. The lowest BCUT2D eigenvalue weighted by Gasteiger charge is -2.25. The van der Waals surface area contributed by atoms with Crippen LogP contribution in [-0.4, -0.2) is 28.6 Å². The number of aryl methyl sites for hydroxylation is 1. The topological polar surface area (TPSA) is 61.3 Å². The number of ether oxygens (including phenoxy) is 2. The molecule has 1 fully saturated rings. The van der Waals surface area contributed by atoms with Crippen molar-refractivity contribution in [3.8, 4) is 11.3 Å². The van der Waals surface area contributed by atoms with Gasteiger partial charge in [0.15, 0.2) is 0 Å². The van der Waals surface area contributed by atoms with E-state index in [2.05, 4.69) is 9.97 Å². The minimum absolute atomic E-state index is 0.125. The van der Waals surface area contributed by atoms with E-state index in [0.29, 0.717) is 18.4 Å². The van der Waals surface area contributed by atoms with Gasteiger partial charge in [-0.15, -0.1) is 0 Å². The van der Waals surface area contributed by atoms with Gasteiger partial charge >= 0.3 is 5.97 Å². The number of fused-ring (bicyclic) bond motifs is 4. The molecule has 0 saturated carbocycles. The van der Waals surface area contributed by atoms with Gasteiger partial charge in [-0.3, -0.25) is 4.98 Å². The summed E-state index contributed by atoms with van der Waals surface area (Å²) in [5.41, 5.74) is 3.55. The Morgan fingerprint density at radius 3 is 2.92 bits per heavy atom. The summed E-state index contributed by atoms with van der Waals surface area (Å²) >= 11 is 0. The van der Waals surface area contributed by atoms with Gasteiger partial charge in [0.25, 0.3) is 0 Å². The third-order valence-corrected chi connectivity index (χ3v) is 5.05. The molecule has 136 valence electrons. The van der Waals surface area contributed by atoms with Crippen molar-refractivity contribution < 1.29 is 18.7 Å². The van der Waals surface area contributed by atoms with E-state index < -0.39 is 5.97 Å². The summed E-state index contributed by atoms with van der Waals surface area (Å²) in [5, 5.41) is 0. The Morgan fingerprint density at radius 2 is 2.19 bits per heavy atom. The van der Waals surface area contributed by atoms with E-state index in [1.54, 1.807) is 19.2 Å². The third kappa shape index (κ3) is 2.88. The molecule has 0 spiro atoms. The molecule has 2 aromatic rings. The molecule has 0 aliphatic carbocycles. The molecule has 4 heterocycles. The molecule has 2 atom stereocenters. The SMILES string of the molecule is CCOC(=O)c1cc(-c2ncc(CC)cc2F)c2c(n1)[C@@H]1CC[C@H](C2)O1. The zero-order valence-corrected chi connectivity index (χ0v) is 14.9. The van der Waals surface area contributed by atoms with E-state index in [-0.39, 0.29) is 36.0 Å². The number of hydrogen-bond acceptors (Lipinski definition) is 5. The number of pyridine rings is 2. The number of esters is 1. The van der Waals surface area contributed by atoms with Crippen molar-refractivity contribution in [2.45, 2.75) is 51.7 Å². The summed E-state index contributed by atoms with van der Waals surface area (Å²) in [5.74, 6) is -0.895. The number of carbonyl (C=O) groups is 1. The van der Waals surface area contributed by atoms with Gasteiger partial charge in [-0.25, -0.2) is 14.2 Å². The standard InChI is InChI=1S/C20H21FN2O3/c1-3-11-7-15(21)18(22-10-11)14-9-16(20(24)25-4-2)23-19-13(14)8-12-5-6-17(19)26-12/h7,9-10,12,17H,3-6,8H2,1-2H3/t12-,17+/m1/s1. The summed E-state index contributed by atoms with van der Waals surface area (Å²) in [6.45, 7) is 3.96. The predicted molar refractivity (Wildman–Crippen MR) is 93.3 cm³/mol. The lowest BCUT2D eigenvalue weighted by atomic mass is 9.94. The van der Waals surface area contributed by atoms with E-state index >= 15 is 0 Å². The molecule has 0 unspecified atom stereocenters. The van der Waals surface area contributed by atoms with Crippen LogP contribution in [0.1, 0.15) is 60.1 Å². The first kappa shape index (κ1) is 17.1. The lowest BCUT2D eigenvalue weighted by Crippen LogP contribution is -2.22. The fourth-order valence-corrected chi connectivity index (χ4v) is 3.75. The second-order valence-electron chi connectivity index (χ2n) is 6.70. The van der Waals surface area contributed by atoms with E-state index in [4.69, 9.17) is 9.47 Å². The Bertz CT molecular complexity index is 868. The normalized spacial score (nSPS) is 20.7. The van der Waals surface area contributed by atoms with Crippen LogP contribution in [0.2, 0.25) is 0 Å². The van der Waals surface area contributed by atoms with E-state index in [9.17, 15) is 9.18 Å². The summed E-state index contributed by atoms with van der Waals surface area (Å²) in [7, 11) is 0. The van der Waals surface area contributed by atoms with Crippen LogP contribution in [0.4, 0.5) is 4.39 Å². The Hall–Kier alpha value is -2.34. The predicted octanol–water partition coefficient (Wildman–Crippen LogP) is 3.80. The zero-order valence-electron chi connectivity index (χ0n) is 14.9. The van der Waals surface area contributed by atoms with Gasteiger partial charge in [-0.1, -0.05) is 6.92 Å². The molecule has 2 aliphatic rings. The highest BCUT2D eigenvalue weighted by Crippen LogP contribution is 2.43. The average molecular weight is 356 g/mol. The van der Waals surface area contributed by atoms with Crippen molar-refractivity contribution in [2.75, 3.05) is 6.61 Å². The maximum absolute atomic E-state index is 14.8. The van der Waals surface area contributed by atoms with Gasteiger partial charge in [-0.05, 0) is 49.4 Å². The second kappa shape index (κ2) is 6.76. The number of nitrogens with zero attached hydrogens (tertiary/aromatic N) is 2. The molecule has 5 nitrogen and oxygen atoms in total. The molecule has 2 bridgehead atoms. The van der Waals surface area contributed by atoms with Crippen molar-refractivity contribution in [1.82, 2.24) is 9.97 Å². The maximum atomic E-state index is 14.8. The minimum atomic E-state index is -0.512. The Morgan fingerprint density at radius 1 is 1.35 bits per heavy atom. The van der Waals surface area contributed by atoms with Gasteiger partial charge in [0, 0.05) is 18.2 Å². The minimum Gasteiger partial charge on any atom is -0.461 e. The van der Waals surface area contributed by atoms with E-state index in [1.165, 1.54) is 6.07 Å². The summed E-state index contributed by atoms with van der Waals surface area (Å²) < 4.78 is 25.8. The molecule has 4 rings (SSSR count). The molecule has 0 N–H and O–H groups in total. The van der Waals surface area contributed by atoms with Crippen molar-refractivity contribution >= 4 is 5.97 Å². The number of hydrogen-bond donors (Lipinski definition) is 0. The molecular weight excluding hydrogens is 335 g/mol. The van der Waals surface area contributed by atoms with Crippen molar-refractivity contribution in [3.05, 3.63) is 46.7 Å². The lowest BCUT2D eigenvalue weighted by molar-refractivity contribution is 0.0291. The molecule has 0 radical (unpaired) electrons. The van der Waals surface area contributed by atoms with E-state index in [0.717, 1.165) is 29.7 Å². The molecule has 1 saturated heterocycles. The number of carbonyl (C=O) groups excluding carboxylic acids is 1. The zero-order chi connectivity index (χ0) is 18.3. The monoisotopic (exact) mass is 356 g/mol. The second-order valence-corrected chi connectivity index (χ2v) is 6.70. The van der Waals surface area contributed by atoms with Gasteiger partial charge in [0.1, 0.15) is 23.3 Å². The van der Waals surface area contributed by atoms with Crippen LogP contribution in [0.25, 0.3) is 11.3 Å². The highest BCUT2D eigenvalue weighted by atomic mass is 19.1. The molecule has 2 aliphatic heterocycles. The highest BCUT2D eigenvalue weighted by molar-refractivity contribution is 5.89. The number of rotatable bonds is 4. The van der Waals surface area contributed by atoms with Gasteiger partial charge < -0.3 is 9.47 Å². The summed E-state index contributed by atoms with van der Waals surface area (Å²) in [4.78, 5) is 21.1. The first-order chi connectivity index (χ1) is 12.6. The molecule has 26 heavy (non-hydrogen) atoms. The molecule has 0 amide bonds. The van der Waals surface area contributed by atoms with Crippen LogP contribution in [0.15, 0.2) is 18.3 Å². The Labute approximate surface area is 151 Å². The third-order valence-electron chi connectivity index (χ3n) is 5.05. The van der Waals surface area contributed by atoms with Crippen LogP contribution in [0.3, 0.4) is 0 Å². The van der Waals surface area contributed by atoms with Crippen LogP contribution < -0.4 is 0 Å². The van der Waals surface area contributed by atoms with Gasteiger partial charge in [0.05, 0.1) is 18.4 Å². The fourth-order valence-electron chi connectivity index (χ4n) is 3.75. The van der Waals surface area contributed by atoms with E-state index in [1.807, 2.05) is 6.92 Å². The maximum Gasteiger partial charge on any atom is 0.356 e. The molecule has 6 heteroatoms. The Kier molecular flexibility index (Phi) is 4.44. The molecule has 0 aromatic carbocycles. The van der Waals surface area contributed by atoms with Crippen LogP contribution in [-0.2, 0) is 22.3 Å². The smallest absolute Gasteiger partial charge is 0.356 e. The van der Waals surface area contributed by atoms with Gasteiger partial charge in [0.2, 0.25) is 0 Å². The molecular formula is C20H21FN2O3. The Balaban J connectivity index is 1.89. The quantitative estimate of drug-likeness (QED) is 0.780. The van der Waals surface area contributed by atoms with Crippen molar-refractivity contribution in [1.29, 1.82) is 0 Å². The van der Waals surface area contributed by atoms with Crippen molar-refractivity contribution in [2.24, 2.45) is 0 Å².